The second-order valence-electron chi connectivity index (χ2n) is 4.27. The Kier molecular flexibility index (Phi) is 3.21. The van der Waals surface area contributed by atoms with E-state index in [2.05, 4.69) is 22.0 Å². The van der Waals surface area contributed by atoms with Crippen LogP contribution in [0.1, 0.15) is 25.3 Å². The van der Waals surface area contributed by atoms with Crippen molar-refractivity contribution in [3.63, 3.8) is 0 Å². The van der Waals surface area contributed by atoms with Crippen LogP contribution in [-0.2, 0) is 6.42 Å². The van der Waals surface area contributed by atoms with Crippen molar-refractivity contribution < 1.29 is 5.11 Å². The van der Waals surface area contributed by atoms with Crippen LogP contribution in [0.15, 0.2) is 18.3 Å². The molecule has 1 unspecified atom stereocenters. The summed E-state index contributed by atoms with van der Waals surface area (Å²) in [6.07, 6.45) is 4.83. The number of aromatic nitrogens is 1. The lowest BCUT2D eigenvalue weighted by molar-refractivity contribution is 0.195. The molecule has 1 N–H and O–H groups in total. The molecule has 0 spiro atoms. The molecule has 1 fully saturated rings. The van der Waals surface area contributed by atoms with Gasteiger partial charge in [-0.3, -0.25) is 0 Å². The Bertz CT molecular complexity index is 302. The number of hydrogen-bond donors (Lipinski definition) is 1. The fourth-order valence-electron chi connectivity index (χ4n) is 2.01. The highest BCUT2D eigenvalue weighted by molar-refractivity contribution is 5.40. The van der Waals surface area contributed by atoms with Gasteiger partial charge in [0.2, 0.25) is 0 Å². The normalized spacial score (nSPS) is 18.1. The van der Waals surface area contributed by atoms with Crippen molar-refractivity contribution in [3.05, 3.63) is 23.9 Å². The van der Waals surface area contributed by atoms with Crippen molar-refractivity contribution >= 4 is 5.82 Å². The third kappa shape index (κ3) is 2.69. The molecule has 0 amide bonds. The van der Waals surface area contributed by atoms with E-state index in [-0.39, 0.29) is 6.10 Å². The Balaban J connectivity index is 2.03. The summed E-state index contributed by atoms with van der Waals surface area (Å²) in [6.45, 7) is 4.06. The number of anilines is 1. The lowest BCUT2D eigenvalue weighted by Crippen LogP contribution is -2.18. The minimum absolute atomic E-state index is 0.288. The van der Waals surface area contributed by atoms with Crippen LogP contribution in [0.5, 0.6) is 0 Å². The van der Waals surface area contributed by atoms with E-state index >= 15 is 0 Å². The highest BCUT2D eigenvalue weighted by atomic mass is 16.3. The van der Waals surface area contributed by atoms with Gasteiger partial charge in [0, 0.05) is 19.3 Å². The fraction of sp³-hybridized carbons (Fsp3) is 0.583. The zero-order valence-electron chi connectivity index (χ0n) is 9.19. The summed E-state index contributed by atoms with van der Waals surface area (Å²) in [5, 5.41) is 9.25. The Morgan fingerprint density at radius 2 is 2.13 bits per heavy atom. The molecule has 0 aliphatic carbocycles. The predicted molar refractivity (Wildman–Crippen MR) is 61.1 cm³/mol. The first-order valence-electron chi connectivity index (χ1n) is 5.63. The Morgan fingerprint density at radius 3 is 2.67 bits per heavy atom. The number of aliphatic hydroxyl groups excluding tert-OH is 1. The molecular weight excluding hydrogens is 188 g/mol. The van der Waals surface area contributed by atoms with Gasteiger partial charge in [0.05, 0.1) is 6.10 Å². The summed E-state index contributed by atoms with van der Waals surface area (Å²) in [7, 11) is 0. The van der Waals surface area contributed by atoms with Crippen LogP contribution in [-0.4, -0.2) is 29.3 Å². The van der Waals surface area contributed by atoms with Crippen molar-refractivity contribution in [2.45, 2.75) is 32.3 Å². The average Bonchev–Trinajstić information content (AvgIpc) is 2.71. The van der Waals surface area contributed by atoms with E-state index in [1.807, 2.05) is 6.20 Å². The minimum atomic E-state index is -0.288. The van der Waals surface area contributed by atoms with Gasteiger partial charge in [0.25, 0.3) is 0 Å². The van der Waals surface area contributed by atoms with E-state index in [0.29, 0.717) is 6.42 Å². The summed E-state index contributed by atoms with van der Waals surface area (Å²) < 4.78 is 0. The Labute approximate surface area is 90.8 Å². The van der Waals surface area contributed by atoms with Crippen LogP contribution < -0.4 is 4.90 Å². The largest absolute Gasteiger partial charge is 0.393 e. The number of nitrogens with zero attached hydrogens (tertiary/aromatic N) is 2. The summed E-state index contributed by atoms with van der Waals surface area (Å²) >= 11 is 0. The number of pyridine rings is 1. The minimum Gasteiger partial charge on any atom is -0.393 e. The molecule has 3 heteroatoms. The van der Waals surface area contributed by atoms with Gasteiger partial charge < -0.3 is 10.0 Å². The highest BCUT2D eigenvalue weighted by Gasteiger charge is 2.12. The predicted octanol–water partition coefficient (Wildman–Crippen LogP) is 1.61. The van der Waals surface area contributed by atoms with E-state index in [0.717, 1.165) is 24.5 Å². The molecule has 1 aromatic rings. The molecule has 1 atom stereocenters. The van der Waals surface area contributed by atoms with Crippen molar-refractivity contribution in [3.8, 4) is 0 Å². The molecule has 2 heterocycles. The summed E-state index contributed by atoms with van der Waals surface area (Å²) in [4.78, 5) is 6.74. The highest BCUT2D eigenvalue weighted by Crippen LogP contribution is 2.17. The molecule has 1 aliphatic heterocycles. The molecule has 0 saturated carbocycles. The zero-order chi connectivity index (χ0) is 10.7. The van der Waals surface area contributed by atoms with E-state index in [1.54, 1.807) is 6.92 Å². The molecule has 3 nitrogen and oxygen atoms in total. The van der Waals surface area contributed by atoms with Crippen molar-refractivity contribution in [1.82, 2.24) is 4.98 Å². The first-order valence-corrected chi connectivity index (χ1v) is 5.63. The van der Waals surface area contributed by atoms with Gasteiger partial charge in [0.1, 0.15) is 5.82 Å². The first kappa shape index (κ1) is 10.4. The molecule has 0 radical (unpaired) electrons. The van der Waals surface area contributed by atoms with Gasteiger partial charge in [-0.1, -0.05) is 6.07 Å². The van der Waals surface area contributed by atoms with Gasteiger partial charge in [-0.2, -0.15) is 0 Å². The fourth-order valence-corrected chi connectivity index (χ4v) is 2.01. The number of aliphatic hydroxyl groups is 1. The van der Waals surface area contributed by atoms with E-state index in [1.165, 1.54) is 12.8 Å². The van der Waals surface area contributed by atoms with Crippen LogP contribution in [0.25, 0.3) is 0 Å². The van der Waals surface area contributed by atoms with Crippen LogP contribution in [0.4, 0.5) is 5.82 Å². The van der Waals surface area contributed by atoms with Crippen molar-refractivity contribution in [2.24, 2.45) is 0 Å². The van der Waals surface area contributed by atoms with Gasteiger partial charge in [0.15, 0.2) is 0 Å². The quantitative estimate of drug-likeness (QED) is 0.816. The molecule has 2 rings (SSSR count). The van der Waals surface area contributed by atoms with Crippen LogP contribution in [0, 0.1) is 0 Å². The molecule has 82 valence electrons. The van der Waals surface area contributed by atoms with Gasteiger partial charge >= 0.3 is 0 Å². The molecule has 1 aromatic heterocycles. The smallest absolute Gasteiger partial charge is 0.128 e. The number of hydrogen-bond acceptors (Lipinski definition) is 3. The third-order valence-corrected chi connectivity index (χ3v) is 2.77. The molecule has 0 bridgehead atoms. The van der Waals surface area contributed by atoms with Crippen LogP contribution in [0.2, 0.25) is 0 Å². The molecule has 15 heavy (non-hydrogen) atoms. The maximum Gasteiger partial charge on any atom is 0.128 e. The summed E-state index contributed by atoms with van der Waals surface area (Å²) in [5.41, 5.74) is 1.10. The maximum atomic E-state index is 9.25. The number of rotatable bonds is 3. The van der Waals surface area contributed by atoms with Gasteiger partial charge in [-0.05, 0) is 37.8 Å². The van der Waals surface area contributed by atoms with Crippen LogP contribution >= 0.6 is 0 Å². The van der Waals surface area contributed by atoms with Crippen molar-refractivity contribution in [1.29, 1.82) is 0 Å². The maximum absolute atomic E-state index is 9.25. The third-order valence-electron chi connectivity index (χ3n) is 2.77. The standard InChI is InChI=1S/C12H18N2O/c1-10(15)8-11-4-5-12(13-9-11)14-6-2-3-7-14/h4-5,9-10,15H,2-3,6-8H2,1H3. The van der Waals surface area contributed by atoms with Crippen LogP contribution in [0.3, 0.4) is 0 Å². The Morgan fingerprint density at radius 1 is 1.40 bits per heavy atom. The molecular formula is C12H18N2O. The topological polar surface area (TPSA) is 36.4 Å². The first-order chi connectivity index (χ1) is 7.25. The lowest BCUT2D eigenvalue weighted by atomic mass is 10.1. The monoisotopic (exact) mass is 206 g/mol. The van der Waals surface area contributed by atoms with E-state index < -0.39 is 0 Å². The average molecular weight is 206 g/mol. The lowest BCUT2D eigenvalue weighted by Gasteiger charge is -2.16. The summed E-state index contributed by atoms with van der Waals surface area (Å²) in [6, 6.07) is 4.12. The molecule has 1 aliphatic rings. The van der Waals surface area contributed by atoms with Gasteiger partial charge in [-0.25, -0.2) is 4.98 Å². The molecule has 1 saturated heterocycles. The zero-order valence-corrected chi connectivity index (χ0v) is 9.19. The van der Waals surface area contributed by atoms with Gasteiger partial charge in [-0.15, -0.1) is 0 Å². The molecule has 0 aromatic carbocycles. The summed E-state index contributed by atoms with van der Waals surface area (Å²) in [5.74, 6) is 1.07. The Hall–Kier alpha value is -1.09. The second kappa shape index (κ2) is 4.62. The SMILES string of the molecule is CC(O)Cc1ccc(N2CCCC2)nc1. The van der Waals surface area contributed by atoms with Crippen molar-refractivity contribution in [2.75, 3.05) is 18.0 Å². The second-order valence-corrected chi connectivity index (χ2v) is 4.27. The van der Waals surface area contributed by atoms with E-state index in [9.17, 15) is 5.11 Å². The van der Waals surface area contributed by atoms with E-state index in [4.69, 9.17) is 0 Å².